The summed E-state index contributed by atoms with van der Waals surface area (Å²) < 4.78 is 12.2. The lowest BCUT2D eigenvalue weighted by Crippen LogP contribution is -2.34. The third-order valence-corrected chi connectivity index (χ3v) is 5.92. The summed E-state index contributed by atoms with van der Waals surface area (Å²) in [6, 6.07) is 15.5. The molecule has 30 heavy (non-hydrogen) atoms. The van der Waals surface area contributed by atoms with Crippen molar-refractivity contribution in [3.05, 3.63) is 64.6 Å². The fourth-order valence-electron chi connectivity index (χ4n) is 4.34. The number of ether oxygens (including phenoxy) is 1. The molecule has 1 aromatic heterocycles. The van der Waals surface area contributed by atoms with Crippen LogP contribution in [0, 0.1) is 0 Å². The molecule has 2 heterocycles. The number of aryl methyl sites for hydroxylation is 1. The van der Waals surface area contributed by atoms with Crippen LogP contribution in [-0.2, 0) is 11.3 Å². The van der Waals surface area contributed by atoms with Crippen molar-refractivity contribution in [2.75, 3.05) is 13.7 Å². The van der Waals surface area contributed by atoms with Crippen LogP contribution in [0.4, 0.5) is 0 Å². The van der Waals surface area contributed by atoms with Gasteiger partial charge in [0.25, 0.3) is 0 Å². The molecule has 1 aliphatic heterocycles. The van der Waals surface area contributed by atoms with Crippen LogP contribution in [0.2, 0.25) is 0 Å². The van der Waals surface area contributed by atoms with Gasteiger partial charge in [0.2, 0.25) is 5.91 Å². The molecule has 0 aliphatic carbocycles. The maximum absolute atomic E-state index is 13.1. The Morgan fingerprint density at radius 2 is 1.90 bits per heavy atom. The number of likely N-dealkylation sites (tertiary alicyclic amines) is 1. The second-order valence-electron chi connectivity index (χ2n) is 7.82. The molecule has 6 nitrogen and oxygen atoms in total. The van der Waals surface area contributed by atoms with Gasteiger partial charge in [-0.15, -0.1) is 0 Å². The molecule has 4 rings (SSSR count). The minimum Gasteiger partial charge on any atom is -0.497 e. The van der Waals surface area contributed by atoms with Gasteiger partial charge in [0.05, 0.1) is 18.7 Å². The Hall–Kier alpha value is -3.02. The Morgan fingerprint density at radius 1 is 1.10 bits per heavy atom. The molecule has 1 fully saturated rings. The average molecular weight is 408 g/mol. The second-order valence-corrected chi connectivity index (χ2v) is 7.82. The van der Waals surface area contributed by atoms with Gasteiger partial charge in [-0.25, -0.2) is 4.79 Å². The number of fused-ring (bicyclic) bond motifs is 1. The number of oxazole rings is 1. The first-order valence-electron chi connectivity index (χ1n) is 10.7. The van der Waals surface area contributed by atoms with E-state index in [9.17, 15) is 9.59 Å². The number of hydrogen-bond acceptors (Lipinski definition) is 4. The topological polar surface area (TPSA) is 64.7 Å². The summed E-state index contributed by atoms with van der Waals surface area (Å²) in [6.07, 6.45) is 5.30. The first-order chi connectivity index (χ1) is 14.7. The zero-order valence-corrected chi connectivity index (χ0v) is 17.4. The van der Waals surface area contributed by atoms with E-state index in [0.29, 0.717) is 25.0 Å². The van der Waals surface area contributed by atoms with Gasteiger partial charge >= 0.3 is 5.76 Å². The highest BCUT2D eigenvalue weighted by Gasteiger charge is 2.26. The number of aromatic nitrogens is 1. The number of carbonyl (C=O) groups is 1. The molecule has 158 valence electrons. The van der Waals surface area contributed by atoms with Gasteiger partial charge < -0.3 is 14.1 Å². The lowest BCUT2D eigenvalue weighted by molar-refractivity contribution is -0.133. The van der Waals surface area contributed by atoms with E-state index in [1.54, 1.807) is 17.7 Å². The van der Waals surface area contributed by atoms with Crippen molar-refractivity contribution < 1.29 is 13.9 Å². The number of rotatable bonds is 6. The van der Waals surface area contributed by atoms with Crippen molar-refractivity contribution in [3.8, 4) is 5.75 Å². The molecular formula is C24H28N2O4. The van der Waals surface area contributed by atoms with Crippen molar-refractivity contribution in [3.63, 3.8) is 0 Å². The summed E-state index contributed by atoms with van der Waals surface area (Å²) in [5.41, 5.74) is 2.52. The normalized spacial score (nSPS) is 17.1. The molecule has 0 saturated carbocycles. The molecule has 6 heteroatoms. The molecule has 1 atom stereocenters. The maximum Gasteiger partial charge on any atom is 0.419 e. The Balaban J connectivity index is 1.44. The van der Waals surface area contributed by atoms with Gasteiger partial charge in [0.1, 0.15) is 5.75 Å². The molecule has 3 aromatic rings. The molecular weight excluding hydrogens is 380 g/mol. The zero-order chi connectivity index (χ0) is 20.9. The van der Waals surface area contributed by atoms with Gasteiger partial charge in [-0.3, -0.25) is 9.36 Å². The Labute approximate surface area is 176 Å². The minimum absolute atomic E-state index is 0.100. The molecule has 1 saturated heterocycles. The van der Waals surface area contributed by atoms with E-state index < -0.39 is 0 Å². The van der Waals surface area contributed by atoms with Crippen molar-refractivity contribution in [1.29, 1.82) is 0 Å². The lowest BCUT2D eigenvalue weighted by Gasteiger charge is -2.31. The molecule has 2 aromatic carbocycles. The monoisotopic (exact) mass is 408 g/mol. The summed E-state index contributed by atoms with van der Waals surface area (Å²) >= 11 is 0. The molecule has 0 N–H and O–H groups in total. The maximum atomic E-state index is 13.1. The average Bonchev–Trinajstić information content (AvgIpc) is 2.93. The largest absolute Gasteiger partial charge is 0.497 e. The van der Waals surface area contributed by atoms with Gasteiger partial charge in [-0.2, -0.15) is 0 Å². The van der Waals surface area contributed by atoms with Crippen LogP contribution in [0.5, 0.6) is 5.75 Å². The Kier molecular flexibility index (Phi) is 6.21. The summed E-state index contributed by atoms with van der Waals surface area (Å²) in [6.45, 7) is 1.26. The van der Waals surface area contributed by atoms with Crippen LogP contribution in [0.3, 0.4) is 0 Å². The summed E-state index contributed by atoms with van der Waals surface area (Å²) in [5.74, 6) is 0.608. The number of carbonyl (C=O) groups excluding carboxylic acids is 1. The van der Waals surface area contributed by atoms with Gasteiger partial charge in [-0.05, 0) is 49.1 Å². The fourth-order valence-corrected chi connectivity index (χ4v) is 4.34. The molecule has 0 unspecified atom stereocenters. The first kappa shape index (κ1) is 20.3. The molecule has 0 radical (unpaired) electrons. The highest BCUT2D eigenvalue weighted by atomic mass is 16.5. The van der Waals surface area contributed by atoms with Gasteiger partial charge in [0.15, 0.2) is 5.58 Å². The van der Waals surface area contributed by atoms with E-state index in [2.05, 4.69) is 12.1 Å². The van der Waals surface area contributed by atoms with E-state index in [1.807, 2.05) is 35.2 Å². The summed E-state index contributed by atoms with van der Waals surface area (Å²) in [5, 5.41) is 0. The van der Waals surface area contributed by atoms with Crippen LogP contribution >= 0.6 is 0 Å². The minimum atomic E-state index is -0.366. The number of hydrogen-bond donors (Lipinski definition) is 0. The molecule has 1 amide bonds. The van der Waals surface area contributed by atoms with E-state index in [4.69, 9.17) is 9.15 Å². The number of methoxy groups -OCH3 is 1. The zero-order valence-electron chi connectivity index (χ0n) is 17.4. The van der Waals surface area contributed by atoms with E-state index in [1.165, 1.54) is 0 Å². The molecule has 1 aliphatic rings. The SMILES string of the molecule is COc1ccc([C@@H]2CCCCCN2C(=O)CCCn2c(=O)oc3ccccc32)cc1. The van der Waals surface area contributed by atoms with Crippen molar-refractivity contribution >= 4 is 17.0 Å². The summed E-state index contributed by atoms with van der Waals surface area (Å²) in [7, 11) is 1.66. The van der Waals surface area contributed by atoms with E-state index in [0.717, 1.165) is 49.1 Å². The first-order valence-corrected chi connectivity index (χ1v) is 10.7. The number of para-hydroxylation sites is 2. The van der Waals surface area contributed by atoms with Gasteiger partial charge in [-0.1, -0.05) is 37.1 Å². The highest BCUT2D eigenvalue weighted by Crippen LogP contribution is 2.31. The van der Waals surface area contributed by atoms with Crippen LogP contribution < -0.4 is 10.5 Å². The fraction of sp³-hybridized carbons (Fsp3) is 0.417. The van der Waals surface area contributed by atoms with Crippen LogP contribution in [-0.4, -0.2) is 29.0 Å². The third-order valence-electron chi connectivity index (χ3n) is 5.92. The van der Waals surface area contributed by atoms with Crippen molar-refractivity contribution in [2.45, 2.75) is 51.1 Å². The van der Waals surface area contributed by atoms with Crippen molar-refractivity contribution in [1.82, 2.24) is 9.47 Å². The lowest BCUT2D eigenvalue weighted by atomic mass is 10.00. The quantitative estimate of drug-likeness (QED) is 0.601. The number of nitrogens with zero attached hydrogens (tertiary/aromatic N) is 2. The Morgan fingerprint density at radius 3 is 2.70 bits per heavy atom. The van der Waals surface area contributed by atoms with Gasteiger partial charge in [0, 0.05) is 19.5 Å². The van der Waals surface area contributed by atoms with Crippen LogP contribution in [0.25, 0.3) is 11.1 Å². The number of benzene rings is 2. The van der Waals surface area contributed by atoms with Crippen molar-refractivity contribution in [2.24, 2.45) is 0 Å². The highest BCUT2D eigenvalue weighted by molar-refractivity contribution is 5.77. The molecule has 0 bridgehead atoms. The van der Waals surface area contributed by atoms with E-state index >= 15 is 0 Å². The number of amides is 1. The second kappa shape index (κ2) is 9.20. The third kappa shape index (κ3) is 4.27. The standard InChI is InChI=1S/C24H28N2O4/c1-29-19-14-12-18(13-15-19)20-8-3-2-6-16-25(20)23(27)11-7-17-26-21-9-4-5-10-22(21)30-24(26)28/h4-5,9-10,12-15,20H,2-3,6-8,11,16-17H2,1H3/t20-/m0/s1. The smallest absolute Gasteiger partial charge is 0.419 e. The molecule has 0 spiro atoms. The van der Waals surface area contributed by atoms with Crippen LogP contribution in [0.1, 0.15) is 50.1 Å². The predicted molar refractivity (Wildman–Crippen MR) is 116 cm³/mol. The van der Waals surface area contributed by atoms with E-state index in [-0.39, 0.29) is 17.7 Å². The summed E-state index contributed by atoms with van der Waals surface area (Å²) in [4.78, 5) is 27.3. The Bertz CT molecular complexity index is 1050. The van der Waals surface area contributed by atoms with Crippen LogP contribution in [0.15, 0.2) is 57.7 Å². The predicted octanol–water partition coefficient (Wildman–Crippen LogP) is 4.53.